The number of halogens is 2. The fraction of sp³-hybridized carbons (Fsp3) is 0.250. The lowest BCUT2D eigenvalue weighted by Gasteiger charge is -2.20. The van der Waals surface area contributed by atoms with Crippen LogP contribution in [0.1, 0.15) is 16.7 Å². The minimum absolute atomic E-state index is 0.445. The van der Waals surface area contributed by atoms with Crippen molar-refractivity contribution < 1.29 is 0 Å². The van der Waals surface area contributed by atoms with Gasteiger partial charge in [-0.2, -0.15) is 0 Å². The summed E-state index contributed by atoms with van der Waals surface area (Å²) in [7, 11) is 2.06. The van der Waals surface area contributed by atoms with Gasteiger partial charge in [0.15, 0.2) is 0 Å². The molecule has 0 unspecified atom stereocenters. The Bertz CT molecular complexity index is 549. The van der Waals surface area contributed by atoms with Crippen molar-refractivity contribution in [3.05, 3.63) is 64.2 Å². The van der Waals surface area contributed by atoms with E-state index in [4.69, 9.17) is 23.2 Å². The average molecular weight is 294 g/mol. The molecule has 0 aromatic heterocycles. The van der Waals surface area contributed by atoms with Crippen molar-refractivity contribution in [3.63, 3.8) is 0 Å². The second-order valence-electron chi connectivity index (χ2n) is 4.75. The van der Waals surface area contributed by atoms with Gasteiger partial charge in [0.1, 0.15) is 0 Å². The Morgan fingerprint density at radius 2 is 1.74 bits per heavy atom. The Labute approximate surface area is 124 Å². The van der Waals surface area contributed by atoms with Crippen LogP contribution in [0.3, 0.4) is 0 Å². The van der Waals surface area contributed by atoms with E-state index < -0.39 is 0 Å². The topological polar surface area (TPSA) is 3.24 Å². The van der Waals surface area contributed by atoms with Gasteiger partial charge in [-0.15, -0.1) is 11.6 Å². The lowest BCUT2D eigenvalue weighted by Crippen LogP contribution is -2.16. The molecule has 2 aromatic rings. The van der Waals surface area contributed by atoms with Gasteiger partial charge in [-0.25, -0.2) is 0 Å². The SMILES string of the molecule is Cc1ccc(CN(C)c2ccc(CCl)c(Cl)c2)cc1. The van der Waals surface area contributed by atoms with Crippen LogP contribution in [0.5, 0.6) is 0 Å². The number of rotatable bonds is 4. The molecule has 0 bridgehead atoms. The Hall–Kier alpha value is -1.18. The maximum absolute atomic E-state index is 6.19. The number of nitrogens with zero attached hydrogens (tertiary/aromatic N) is 1. The minimum atomic E-state index is 0.445. The Morgan fingerprint density at radius 1 is 1.05 bits per heavy atom. The molecular weight excluding hydrogens is 277 g/mol. The highest BCUT2D eigenvalue weighted by atomic mass is 35.5. The van der Waals surface area contributed by atoms with Crippen LogP contribution in [-0.4, -0.2) is 7.05 Å². The van der Waals surface area contributed by atoms with Crippen molar-refractivity contribution in [2.45, 2.75) is 19.3 Å². The smallest absolute Gasteiger partial charge is 0.0488 e. The molecule has 3 heteroatoms. The van der Waals surface area contributed by atoms with Crippen molar-refractivity contribution in [3.8, 4) is 0 Å². The van der Waals surface area contributed by atoms with Crippen LogP contribution < -0.4 is 4.90 Å². The molecule has 19 heavy (non-hydrogen) atoms. The first-order valence-corrected chi connectivity index (χ1v) is 7.12. The summed E-state index contributed by atoms with van der Waals surface area (Å²) >= 11 is 12.0. The molecule has 0 atom stereocenters. The number of hydrogen-bond acceptors (Lipinski definition) is 1. The number of hydrogen-bond donors (Lipinski definition) is 0. The fourth-order valence-electron chi connectivity index (χ4n) is 1.94. The van der Waals surface area contributed by atoms with Gasteiger partial charge in [0.05, 0.1) is 0 Å². The predicted molar refractivity (Wildman–Crippen MR) is 84.3 cm³/mol. The Kier molecular flexibility index (Phi) is 4.73. The molecule has 0 heterocycles. The summed E-state index contributed by atoms with van der Waals surface area (Å²) in [6.45, 7) is 2.95. The summed E-state index contributed by atoms with van der Waals surface area (Å²) < 4.78 is 0. The van der Waals surface area contributed by atoms with Gasteiger partial charge in [0.25, 0.3) is 0 Å². The molecule has 2 rings (SSSR count). The maximum Gasteiger partial charge on any atom is 0.0488 e. The Morgan fingerprint density at radius 3 is 2.32 bits per heavy atom. The van der Waals surface area contributed by atoms with Crippen LogP contribution in [0.4, 0.5) is 5.69 Å². The van der Waals surface area contributed by atoms with E-state index in [0.717, 1.165) is 22.8 Å². The molecule has 0 radical (unpaired) electrons. The van der Waals surface area contributed by atoms with Gasteiger partial charge >= 0.3 is 0 Å². The first-order valence-electron chi connectivity index (χ1n) is 6.21. The fourth-order valence-corrected chi connectivity index (χ4v) is 2.48. The predicted octanol–water partition coefficient (Wildman–Crippen LogP) is 5.02. The molecule has 0 aliphatic heterocycles. The zero-order valence-electron chi connectivity index (χ0n) is 11.2. The van der Waals surface area contributed by atoms with Gasteiger partial charge in [0, 0.05) is 30.2 Å². The number of alkyl halides is 1. The zero-order chi connectivity index (χ0) is 13.8. The molecule has 100 valence electrons. The van der Waals surface area contributed by atoms with Gasteiger partial charge in [-0.05, 0) is 30.2 Å². The van der Waals surface area contributed by atoms with Crippen molar-refractivity contribution in [1.82, 2.24) is 0 Å². The standard InChI is InChI=1S/C16H17Cl2N/c1-12-3-5-13(6-4-12)11-19(2)15-8-7-14(10-17)16(18)9-15/h3-9H,10-11H2,1-2H3. The van der Waals surface area contributed by atoms with Crippen LogP contribution in [0, 0.1) is 6.92 Å². The third-order valence-electron chi connectivity index (χ3n) is 3.16. The van der Waals surface area contributed by atoms with Crippen molar-refractivity contribution in [1.29, 1.82) is 0 Å². The van der Waals surface area contributed by atoms with E-state index in [1.807, 2.05) is 12.1 Å². The molecule has 0 aliphatic carbocycles. The Balaban J connectivity index is 2.13. The number of anilines is 1. The van der Waals surface area contributed by atoms with Gasteiger partial charge in [-0.3, -0.25) is 0 Å². The summed E-state index contributed by atoms with van der Waals surface area (Å²) in [6.07, 6.45) is 0. The van der Waals surface area contributed by atoms with E-state index in [-0.39, 0.29) is 0 Å². The summed E-state index contributed by atoms with van der Waals surface area (Å²) in [6, 6.07) is 14.6. The first kappa shape index (κ1) is 14.2. The van der Waals surface area contributed by atoms with Crippen LogP contribution in [0.15, 0.2) is 42.5 Å². The normalized spacial score (nSPS) is 10.5. The highest BCUT2D eigenvalue weighted by Gasteiger charge is 2.05. The van der Waals surface area contributed by atoms with Crippen LogP contribution in [0.2, 0.25) is 5.02 Å². The molecule has 0 saturated heterocycles. The van der Waals surface area contributed by atoms with Crippen molar-refractivity contribution >= 4 is 28.9 Å². The quantitative estimate of drug-likeness (QED) is 0.715. The molecule has 0 spiro atoms. The summed E-state index contributed by atoms with van der Waals surface area (Å²) in [5.41, 5.74) is 4.63. The molecule has 0 aliphatic rings. The highest BCUT2D eigenvalue weighted by Crippen LogP contribution is 2.25. The molecule has 0 fully saturated rings. The lowest BCUT2D eigenvalue weighted by molar-refractivity contribution is 0.922. The highest BCUT2D eigenvalue weighted by molar-refractivity contribution is 6.32. The summed E-state index contributed by atoms with van der Waals surface area (Å²) in [5, 5.41) is 0.725. The maximum atomic E-state index is 6.19. The second kappa shape index (κ2) is 6.31. The monoisotopic (exact) mass is 293 g/mol. The summed E-state index contributed by atoms with van der Waals surface area (Å²) in [4.78, 5) is 2.18. The van der Waals surface area contributed by atoms with Crippen LogP contribution >= 0.6 is 23.2 Å². The van der Waals surface area contributed by atoms with Crippen molar-refractivity contribution in [2.75, 3.05) is 11.9 Å². The van der Waals surface area contributed by atoms with Crippen LogP contribution in [-0.2, 0) is 12.4 Å². The van der Waals surface area contributed by atoms with E-state index >= 15 is 0 Å². The number of benzene rings is 2. The van der Waals surface area contributed by atoms with Gasteiger partial charge in [0.2, 0.25) is 0 Å². The minimum Gasteiger partial charge on any atom is -0.370 e. The molecule has 0 amide bonds. The number of aryl methyl sites for hydroxylation is 1. The van der Waals surface area contributed by atoms with Gasteiger partial charge in [-0.1, -0.05) is 47.5 Å². The van der Waals surface area contributed by atoms with E-state index in [0.29, 0.717) is 5.88 Å². The van der Waals surface area contributed by atoms with Gasteiger partial charge < -0.3 is 4.90 Å². The second-order valence-corrected chi connectivity index (χ2v) is 5.43. The van der Waals surface area contributed by atoms with Crippen LogP contribution in [0.25, 0.3) is 0 Å². The van der Waals surface area contributed by atoms with Crippen molar-refractivity contribution in [2.24, 2.45) is 0 Å². The third kappa shape index (κ3) is 3.65. The first-order chi connectivity index (χ1) is 9.10. The van der Waals surface area contributed by atoms with E-state index in [1.165, 1.54) is 11.1 Å². The molecule has 1 nitrogen and oxygen atoms in total. The lowest BCUT2D eigenvalue weighted by atomic mass is 10.1. The largest absolute Gasteiger partial charge is 0.370 e. The zero-order valence-corrected chi connectivity index (χ0v) is 12.7. The molecular formula is C16H17Cl2N. The molecule has 0 saturated carbocycles. The third-order valence-corrected chi connectivity index (χ3v) is 3.80. The molecule has 0 N–H and O–H groups in total. The molecule has 2 aromatic carbocycles. The average Bonchev–Trinajstić information content (AvgIpc) is 2.41. The summed E-state index contributed by atoms with van der Waals surface area (Å²) in [5.74, 6) is 0.445. The van der Waals surface area contributed by atoms with E-state index in [2.05, 4.69) is 49.2 Å². The van der Waals surface area contributed by atoms with E-state index in [1.54, 1.807) is 0 Å². The van der Waals surface area contributed by atoms with E-state index in [9.17, 15) is 0 Å².